The van der Waals surface area contributed by atoms with E-state index < -0.39 is 0 Å². The number of ether oxygens (including phenoxy) is 3. The molecule has 5 rings (SSSR count). The fourth-order valence-corrected chi connectivity index (χ4v) is 5.16. The number of nitrogens with zero attached hydrogens (tertiary/aromatic N) is 4. The van der Waals surface area contributed by atoms with Crippen LogP contribution in [0, 0.1) is 5.82 Å². The summed E-state index contributed by atoms with van der Waals surface area (Å²) >= 11 is 0. The highest BCUT2D eigenvalue weighted by atomic mass is 19.1. The van der Waals surface area contributed by atoms with Gasteiger partial charge >= 0.3 is 0 Å². The van der Waals surface area contributed by atoms with Gasteiger partial charge < -0.3 is 19.1 Å². The Hall–Kier alpha value is -4.11. The summed E-state index contributed by atoms with van der Waals surface area (Å²) in [5, 5.41) is 6.40. The lowest BCUT2D eigenvalue weighted by Crippen LogP contribution is -2.49. The zero-order valence-corrected chi connectivity index (χ0v) is 22.5. The molecular formula is C30H33FN4O4. The van der Waals surface area contributed by atoms with Crippen LogP contribution in [0.4, 0.5) is 10.1 Å². The molecule has 0 saturated carbocycles. The van der Waals surface area contributed by atoms with Crippen molar-refractivity contribution in [2.75, 3.05) is 59.0 Å². The molecule has 39 heavy (non-hydrogen) atoms. The van der Waals surface area contributed by atoms with E-state index in [1.165, 1.54) is 6.07 Å². The molecule has 0 bridgehead atoms. The van der Waals surface area contributed by atoms with Crippen LogP contribution < -0.4 is 19.1 Å². The van der Waals surface area contributed by atoms with Gasteiger partial charge in [-0.15, -0.1) is 0 Å². The monoisotopic (exact) mass is 532 g/mol. The average molecular weight is 533 g/mol. The number of rotatable bonds is 8. The van der Waals surface area contributed by atoms with Crippen LogP contribution >= 0.6 is 0 Å². The van der Waals surface area contributed by atoms with E-state index in [1.54, 1.807) is 38.5 Å². The zero-order chi connectivity index (χ0) is 27.4. The van der Waals surface area contributed by atoms with Gasteiger partial charge in [0.1, 0.15) is 23.1 Å². The van der Waals surface area contributed by atoms with Crippen LogP contribution in [0.3, 0.4) is 0 Å². The van der Waals surface area contributed by atoms with Crippen LogP contribution in [0.25, 0.3) is 0 Å². The minimum absolute atomic E-state index is 0.104. The number of carbonyl (C=O) groups is 1. The number of carbonyl (C=O) groups excluding carboxylic acids is 1. The molecule has 2 aliphatic rings. The van der Waals surface area contributed by atoms with Crippen molar-refractivity contribution in [2.24, 2.45) is 5.10 Å². The first-order chi connectivity index (χ1) is 19.0. The third-order valence-electron chi connectivity index (χ3n) is 7.31. The highest BCUT2D eigenvalue weighted by Crippen LogP contribution is 2.39. The molecule has 9 heteroatoms. The number of anilines is 1. The number of halogens is 1. The van der Waals surface area contributed by atoms with Gasteiger partial charge in [-0.3, -0.25) is 9.69 Å². The summed E-state index contributed by atoms with van der Waals surface area (Å²) < 4.78 is 30.7. The minimum Gasteiger partial charge on any atom is -0.497 e. The molecule has 3 aromatic rings. The first-order valence-corrected chi connectivity index (χ1v) is 13.0. The van der Waals surface area contributed by atoms with Crippen LogP contribution in [0.15, 0.2) is 71.8 Å². The van der Waals surface area contributed by atoms with Gasteiger partial charge in [-0.2, -0.15) is 5.10 Å². The van der Waals surface area contributed by atoms with Gasteiger partial charge in [0.15, 0.2) is 0 Å². The Morgan fingerprint density at radius 2 is 1.59 bits per heavy atom. The first kappa shape index (κ1) is 26.5. The van der Waals surface area contributed by atoms with Crippen LogP contribution in [0.5, 0.6) is 17.2 Å². The van der Waals surface area contributed by atoms with Crippen molar-refractivity contribution in [2.45, 2.75) is 12.5 Å². The Bertz CT molecular complexity index is 1340. The van der Waals surface area contributed by atoms with Crippen LogP contribution in [0.1, 0.15) is 23.6 Å². The van der Waals surface area contributed by atoms with Crippen molar-refractivity contribution in [3.63, 3.8) is 0 Å². The van der Waals surface area contributed by atoms with Gasteiger partial charge in [-0.1, -0.05) is 12.1 Å². The van der Waals surface area contributed by atoms with Gasteiger partial charge in [0, 0.05) is 38.2 Å². The van der Waals surface area contributed by atoms with E-state index in [9.17, 15) is 9.18 Å². The van der Waals surface area contributed by atoms with Crippen molar-refractivity contribution in [1.82, 2.24) is 9.91 Å². The molecule has 1 saturated heterocycles. The van der Waals surface area contributed by atoms with Crippen molar-refractivity contribution < 1.29 is 23.4 Å². The topological polar surface area (TPSA) is 66.8 Å². The van der Waals surface area contributed by atoms with Crippen molar-refractivity contribution in [3.8, 4) is 17.2 Å². The second-order valence-corrected chi connectivity index (χ2v) is 9.56. The van der Waals surface area contributed by atoms with E-state index in [0.29, 0.717) is 49.8 Å². The molecule has 0 N–H and O–H groups in total. The van der Waals surface area contributed by atoms with Crippen molar-refractivity contribution in [3.05, 3.63) is 83.7 Å². The molecular weight excluding hydrogens is 499 g/mol. The van der Waals surface area contributed by atoms with Crippen molar-refractivity contribution in [1.29, 1.82) is 0 Å². The molecule has 1 atom stereocenters. The predicted octanol–water partition coefficient (Wildman–Crippen LogP) is 4.35. The predicted molar refractivity (Wildman–Crippen MR) is 148 cm³/mol. The number of hydrogen-bond donors (Lipinski definition) is 0. The van der Waals surface area contributed by atoms with Gasteiger partial charge in [0.05, 0.1) is 45.3 Å². The van der Waals surface area contributed by atoms with E-state index in [2.05, 4.69) is 4.90 Å². The smallest absolute Gasteiger partial charge is 0.257 e. The van der Waals surface area contributed by atoms with E-state index in [-0.39, 0.29) is 24.3 Å². The first-order valence-electron chi connectivity index (χ1n) is 13.0. The largest absolute Gasteiger partial charge is 0.497 e. The number of amides is 1. The van der Waals surface area contributed by atoms with Crippen LogP contribution in [-0.4, -0.2) is 75.6 Å². The quantitative estimate of drug-likeness (QED) is 0.430. The molecule has 3 aromatic carbocycles. The number of hydrogen-bond acceptors (Lipinski definition) is 7. The highest BCUT2D eigenvalue weighted by molar-refractivity contribution is 6.03. The van der Waals surface area contributed by atoms with Gasteiger partial charge in [-0.05, 0) is 60.2 Å². The Balaban J connectivity index is 1.36. The molecule has 0 aromatic heterocycles. The lowest BCUT2D eigenvalue weighted by molar-refractivity contribution is -0.134. The maximum atomic E-state index is 14.3. The summed E-state index contributed by atoms with van der Waals surface area (Å²) in [7, 11) is 4.86. The van der Waals surface area contributed by atoms with E-state index in [1.807, 2.05) is 53.4 Å². The zero-order valence-electron chi connectivity index (χ0n) is 22.5. The summed E-state index contributed by atoms with van der Waals surface area (Å²) in [6.45, 7) is 2.79. The number of methoxy groups -OCH3 is 3. The SMILES string of the molecule is COc1ccc(C2=NN(C(=O)CN3CCN(c4ccccc4F)CC3)[C@@H](c3cc(OC)ccc3OC)C2)cc1. The van der Waals surface area contributed by atoms with E-state index in [4.69, 9.17) is 19.3 Å². The number of piperazine rings is 1. The van der Waals surface area contributed by atoms with E-state index >= 15 is 0 Å². The number of benzene rings is 3. The standard InChI is InChI=1S/C30H33FN4O4/c1-37-22-10-8-21(9-11-22)26-19-28(24-18-23(38-2)12-13-29(24)39-3)35(32-26)30(36)20-33-14-16-34(17-15-33)27-7-5-4-6-25(27)31/h4-13,18,28H,14-17,19-20H2,1-3H3/t28-/m1/s1. The lowest BCUT2D eigenvalue weighted by Gasteiger charge is -2.36. The maximum Gasteiger partial charge on any atom is 0.257 e. The third kappa shape index (κ3) is 5.68. The highest BCUT2D eigenvalue weighted by Gasteiger charge is 2.36. The molecule has 0 radical (unpaired) electrons. The fraction of sp³-hybridized carbons (Fsp3) is 0.333. The second-order valence-electron chi connectivity index (χ2n) is 9.56. The summed E-state index contributed by atoms with van der Waals surface area (Å²) in [6.07, 6.45) is 0.530. The summed E-state index contributed by atoms with van der Waals surface area (Å²) in [5.74, 6) is 1.77. The molecule has 2 aliphatic heterocycles. The number of hydrazone groups is 1. The molecule has 1 fully saturated rings. The molecule has 204 valence electrons. The molecule has 2 heterocycles. The third-order valence-corrected chi connectivity index (χ3v) is 7.31. The summed E-state index contributed by atoms with van der Waals surface area (Å²) in [4.78, 5) is 17.9. The maximum absolute atomic E-state index is 14.3. The Morgan fingerprint density at radius 1 is 0.897 bits per heavy atom. The summed E-state index contributed by atoms with van der Waals surface area (Å²) in [5.41, 5.74) is 3.17. The average Bonchev–Trinajstić information content (AvgIpc) is 3.43. The van der Waals surface area contributed by atoms with Gasteiger partial charge in [0.2, 0.25) is 0 Å². The number of para-hydroxylation sites is 1. The Morgan fingerprint density at radius 3 is 2.26 bits per heavy atom. The molecule has 8 nitrogen and oxygen atoms in total. The summed E-state index contributed by atoms with van der Waals surface area (Å²) in [6, 6.07) is 19.7. The fourth-order valence-electron chi connectivity index (χ4n) is 5.16. The Labute approximate surface area is 228 Å². The van der Waals surface area contributed by atoms with E-state index in [0.717, 1.165) is 22.6 Å². The van der Waals surface area contributed by atoms with Crippen LogP contribution in [-0.2, 0) is 4.79 Å². The molecule has 0 unspecified atom stereocenters. The normalized spacial score (nSPS) is 17.6. The molecule has 0 spiro atoms. The van der Waals surface area contributed by atoms with Crippen LogP contribution in [0.2, 0.25) is 0 Å². The second kappa shape index (κ2) is 11.7. The van der Waals surface area contributed by atoms with Crippen molar-refractivity contribution >= 4 is 17.3 Å². The molecule has 1 amide bonds. The minimum atomic E-state index is -0.348. The lowest BCUT2D eigenvalue weighted by atomic mass is 9.97. The van der Waals surface area contributed by atoms with Gasteiger partial charge in [0.25, 0.3) is 5.91 Å². The molecule has 0 aliphatic carbocycles. The Kier molecular flexibility index (Phi) is 7.97. The van der Waals surface area contributed by atoms with Gasteiger partial charge in [-0.25, -0.2) is 9.40 Å².